The third-order valence-corrected chi connectivity index (χ3v) is 21.2. The highest BCUT2D eigenvalue weighted by atomic mass is 31.1. The Morgan fingerprint density at radius 3 is 2.31 bits per heavy atom. The van der Waals surface area contributed by atoms with Gasteiger partial charge in [0, 0.05) is 107 Å². The van der Waals surface area contributed by atoms with Crippen LogP contribution in [0.2, 0.25) is 0 Å². The summed E-state index contributed by atoms with van der Waals surface area (Å²) in [7, 11) is 1.45. The number of fused-ring (bicyclic) bond motifs is 4. The summed E-state index contributed by atoms with van der Waals surface area (Å²) in [6.07, 6.45) is 17.3. The smallest absolute Gasteiger partial charge is 0.128 e. The summed E-state index contributed by atoms with van der Waals surface area (Å²) in [5.41, 5.74) is 21.0. The van der Waals surface area contributed by atoms with Gasteiger partial charge in [0.15, 0.2) is 0 Å². The van der Waals surface area contributed by atoms with Crippen LogP contribution in [0.3, 0.4) is 0 Å². The molecule has 81 heavy (non-hydrogen) atoms. The van der Waals surface area contributed by atoms with Gasteiger partial charge in [0.05, 0.1) is 42.6 Å². The number of pyridine rings is 1. The summed E-state index contributed by atoms with van der Waals surface area (Å²) in [5.74, 6) is 1.37. The predicted octanol–water partition coefficient (Wildman–Crippen LogP) is 16.2. The van der Waals surface area contributed by atoms with Crippen molar-refractivity contribution in [1.82, 2.24) is 41.0 Å². The Balaban J connectivity index is 0.796. The van der Waals surface area contributed by atoms with Crippen LogP contribution < -0.4 is 21.3 Å². The van der Waals surface area contributed by atoms with Gasteiger partial charge in [-0.05, 0) is 141 Å². The molecule has 432 valence electrons. The van der Waals surface area contributed by atoms with Gasteiger partial charge in [-0.2, -0.15) is 0 Å². The molecule has 3 aromatic rings. The van der Waals surface area contributed by atoms with Crippen LogP contribution in [0.5, 0.6) is 0 Å². The molecule has 5 atom stereocenters. The Morgan fingerprint density at radius 2 is 1.58 bits per heavy atom. The summed E-state index contributed by atoms with van der Waals surface area (Å²) < 4.78 is 15.6. The first-order valence-electron chi connectivity index (χ1n) is 30.3. The molecule has 4 heterocycles. The molecule has 4 N–H and O–H groups in total. The van der Waals surface area contributed by atoms with Gasteiger partial charge in [-0.3, -0.25) is 0 Å². The van der Waals surface area contributed by atoms with Crippen LogP contribution in [0, 0.1) is 30.5 Å². The van der Waals surface area contributed by atoms with Gasteiger partial charge in [-0.25, -0.2) is 9.37 Å². The third-order valence-electron chi connectivity index (χ3n) is 18.6. The average molecular weight is 1110 g/mol. The van der Waals surface area contributed by atoms with E-state index in [0.717, 1.165) is 164 Å². The lowest BCUT2D eigenvalue weighted by molar-refractivity contribution is 0.344. The highest BCUT2D eigenvalue weighted by Gasteiger charge is 2.41. The Hall–Kier alpha value is -6.31. The number of likely N-dealkylation sites (tertiary alicyclic amines) is 1. The molecular formula is C71H96FN8P. The monoisotopic (exact) mass is 1110 g/mol. The van der Waals surface area contributed by atoms with Crippen molar-refractivity contribution >= 4 is 24.5 Å². The van der Waals surface area contributed by atoms with E-state index in [1.54, 1.807) is 6.07 Å². The number of rotatable bonds is 31. The van der Waals surface area contributed by atoms with Gasteiger partial charge >= 0.3 is 0 Å². The molecule has 0 radical (unpaired) electrons. The van der Waals surface area contributed by atoms with Crippen molar-refractivity contribution in [1.29, 1.82) is 0 Å². The van der Waals surface area contributed by atoms with Crippen molar-refractivity contribution in [3.05, 3.63) is 215 Å². The number of benzene rings is 2. The van der Waals surface area contributed by atoms with E-state index in [1.165, 1.54) is 63.0 Å². The van der Waals surface area contributed by atoms with Crippen molar-refractivity contribution in [2.75, 3.05) is 46.4 Å². The summed E-state index contributed by atoms with van der Waals surface area (Å²) in [6, 6.07) is 12.4. The Bertz CT molecular complexity index is 3040. The molecule has 0 amide bonds. The number of nitrogens with one attached hydrogen (secondary N) is 4. The molecule has 0 saturated carbocycles. The maximum Gasteiger partial charge on any atom is 0.128 e. The van der Waals surface area contributed by atoms with Crippen LogP contribution in [-0.2, 0) is 19.4 Å². The number of hydrogen-bond acceptors (Lipinski definition) is 8. The number of allylic oxidation sites excluding steroid dienone is 9. The van der Waals surface area contributed by atoms with E-state index in [4.69, 9.17) is 4.98 Å². The van der Waals surface area contributed by atoms with Crippen LogP contribution in [0.25, 0.3) is 16.6 Å². The van der Waals surface area contributed by atoms with Gasteiger partial charge in [-0.15, -0.1) is 0 Å². The minimum atomic E-state index is -0.669. The minimum Gasteiger partial charge on any atom is -0.383 e. The van der Waals surface area contributed by atoms with Gasteiger partial charge in [-0.1, -0.05) is 150 Å². The zero-order valence-electron chi connectivity index (χ0n) is 50.5. The first-order chi connectivity index (χ1) is 38.8. The van der Waals surface area contributed by atoms with Crippen LogP contribution in [-0.4, -0.2) is 71.8 Å². The molecule has 1 fully saturated rings. The summed E-state index contributed by atoms with van der Waals surface area (Å²) in [4.78, 5) is 12.3. The number of hydrogen-bond donors (Lipinski definition) is 4. The fourth-order valence-electron chi connectivity index (χ4n) is 13.4. The Labute approximate surface area is 489 Å². The highest BCUT2D eigenvalue weighted by molar-refractivity contribution is 7.62. The van der Waals surface area contributed by atoms with Crippen molar-refractivity contribution < 1.29 is 4.39 Å². The molecule has 2 aliphatic carbocycles. The molecule has 5 unspecified atom stereocenters. The summed E-state index contributed by atoms with van der Waals surface area (Å²) in [5, 5.41) is 16.9. The van der Waals surface area contributed by atoms with E-state index in [-0.39, 0.29) is 17.5 Å². The summed E-state index contributed by atoms with van der Waals surface area (Å²) >= 11 is 0. The zero-order valence-corrected chi connectivity index (χ0v) is 51.4. The topological polar surface area (TPSA) is 70.7 Å². The quantitative estimate of drug-likeness (QED) is 0.0289. The number of halogens is 1. The fraction of sp³-hybridized carbons (Fsp3) is 0.451. The van der Waals surface area contributed by atoms with Crippen molar-refractivity contribution in [3.63, 3.8) is 0 Å². The number of aryl methyl sites for hydroxylation is 1. The van der Waals surface area contributed by atoms with E-state index in [2.05, 4.69) is 173 Å². The maximum absolute atomic E-state index is 15.6. The third kappa shape index (κ3) is 13.6. The number of nitrogens with zero attached hydrogens (tertiary/aromatic N) is 4. The molecule has 0 spiro atoms. The van der Waals surface area contributed by atoms with Crippen LogP contribution >= 0.6 is 7.92 Å². The van der Waals surface area contributed by atoms with E-state index in [9.17, 15) is 0 Å². The van der Waals surface area contributed by atoms with E-state index in [0.29, 0.717) is 43.9 Å². The highest BCUT2D eigenvalue weighted by Crippen LogP contribution is 2.52. The number of unbranched alkanes of at least 4 members (excludes halogenated alkanes) is 2. The molecule has 1 saturated heterocycles. The van der Waals surface area contributed by atoms with E-state index in [1.807, 2.05) is 6.92 Å². The maximum atomic E-state index is 15.6. The predicted molar refractivity (Wildman–Crippen MR) is 346 cm³/mol. The molecule has 10 heteroatoms. The first-order valence-corrected chi connectivity index (χ1v) is 32.1. The second kappa shape index (κ2) is 27.2. The minimum absolute atomic E-state index is 0.0335. The average Bonchev–Trinajstić information content (AvgIpc) is 4.00. The lowest BCUT2D eigenvalue weighted by Crippen LogP contribution is -2.31. The number of likely N-dealkylation sites (N-methyl/N-ethyl adjacent to an activating group) is 1. The molecule has 8 rings (SSSR count). The second-order valence-electron chi connectivity index (χ2n) is 23.8. The SMILES string of the molecule is C=C(CCCCCN1C(=C)CC(C(CC)CC)C1=C)NCC(=C)NCC(=C)P(C)C(Cc1ccccc1)C(=C)NCC(=C)N(C)CCCC(=C)NC1CCc2c(C)c(F)cc3nc4c(c1c23)CN1C(=C)C2=C(C=C41)C(CC)C(=C)CC2. The van der Waals surface area contributed by atoms with Gasteiger partial charge in [0.1, 0.15) is 5.82 Å². The number of aromatic nitrogens is 1. The summed E-state index contributed by atoms with van der Waals surface area (Å²) in [6.45, 7) is 60.5. The van der Waals surface area contributed by atoms with Gasteiger partial charge in [0.2, 0.25) is 0 Å². The van der Waals surface area contributed by atoms with Gasteiger partial charge < -0.3 is 36.0 Å². The second-order valence-corrected chi connectivity index (χ2v) is 26.3. The normalized spacial score (nSPS) is 19.0. The van der Waals surface area contributed by atoms with E-state index >= 15 is 4.39 Å². The molecule has 5 aliphatic rings. The largest absolute Gasteiger partial charge is 0.383 e. The molecule has 8 nitrogen and oxygen atoms in total. The van der Waals surface area contributed by atoms with Crippen molar-refractivity contribution in [2.45, 2.75) is 142 Å². The van der Waals surface area contributed by atoms with Crippen molar-refractivity contribution in [2.24, 2.45) is 17.8 Å². The Kier molecular flexibility index (Phi) is 20.4. The molecule has 3 aliphatic heterocycles. The van der Waals surface area contributed by atoms with Crippen molar-refractivity contribution in [3.8, 4) is 0 Å². The lowest BCUT2D eigenvalue weighted by Gasteiger charge is -2.37. The fourth-order valence-corrected chi connectivity index (χ4v) is 15.2. The molecule has 1 aromatic heterocycles. The van der Waals surface area contributed by atoms with Crippen LogP contribution in [0.4, 0.5) is 4.39 Å². The Morgan fingerprint density at radius 1 is 0.852 bits per heavy atom. The van der Waals surface area contributed by atoms with E-state index < -0.39 is 7.92 Å². The first kappa shape index (κ1) is 60.8. The van der Waals surface area contributed by atoms with Crippen LogP contribution in [0.15, 0.2) is 176 Å². The molecule has 2 aromatic carbocycles. The zero-order chi connectivity index (χ0) is 58.2. The lowest BCUT2D eigenvalue weighted by atomic mass is 9.75. The standard InChI is InChI=1S/C71H96FN8P/c1-17-57(18-2)61-37-49(8)79(55(61)14)36-25-21-22-27-46(5)73-41-48(7)74-43-51(10)81(16)68(38-56-29-23-20-24-30-56)53(12)75-42-50(9)78(15)35-26-28-47(6)76-65-34-33-59-52(11)64(72)40-66-69(59)70(65)63-44-80-54(13)60-32-31-45(4)58(19-3)62(60)39-67(80)71(63)77-66/h20,23-24,29-30,39-40,57-58,61,65,68,73-76H,4-10,12-14,17-19,21-22,25-28,31-38,41-44H2,1-3,11,15-16H3. The van der Waals surface area contributed by atoms with Crippen LogP contribution in [0.1, 0.15) is 144 Å². The molecule has 0 bridgehead atoms. The van der Waals surface area contributed by atoms with Gasteiger partial charge in [0.25, 0.3) is 0 Å². The molecular weight excluding hydrogens is 1010 g/mol.